The number of nitrogens with zero attached hydrogens (tertiary/aromatic N) is 8. The minimum atomic E-state index is -3.14. The zero-order chi connectivity index (χ0) is 43.7. The van der Waals surface area contributed by atoms with Gasteiger partial charge in [0.1, 0.15) is 5.02 Å². The summed E-state index contributed by atoms with van der Waals surface area (Å²) in [4.78, 5) is 53.9. The van der Waals surface area contributed by atoms with E-state index in [1.807, 2.05) is 13.1 Å². The Balaban J connectivity index is 0.783. The molecule has 16 nitrogen and oxygen atoms in total. The van der Waals surface area contributed by atoms with Crippen LogP contribution in [0.25, 0.3) is 21.8 Å². The highest BCUT2D eigenvalue weighted by atomic mass is 35.5. The number of carbonyl (C=O) groups excluding carboxylic acids is 2. The minimum Gasteiger partial charge on any atom is -0.480 e. The SMILES string of the molecule is Cn1nc(C2CCC(=O)NC2=O)c2ccc(N3CCN(CC4CCN(c5ncc(Cl)c(Nc6ccc7c(c6)c6c(c(=O)n7C)OCC(F)(F)C(C7CC7)N6)n5)CC4)C(CO)C3)cc21. The third-order valence-electron chi connectivity index (χ3n) is 13.6. The maximum atomic E-state index is 15.2. The number of piperidine rings is 2. The first kappa shape index (κ1) is 41.4. The summed E-state index contributed by atoms with van der Waals surface area (Å²) in [5.74, 6) is -3.11. The van der Waals surface area contributed by atoms with Gasteiger partial charge in [0.2, 0.25) is 23.5 Å². The number of fused-ring (bicyclic) bond motifs is 4. The van der Waals surface area contributed by atoms with Gasteiger partial charge in [-0.2, -0.15) is 10.1 Å². The lowest BCUT2D eigenvalue weighted by Crippen LogP contribution is -2.56. The molecule has 4 fully saturated rings. The summed E-state index contributed by atoms with van der Waals surface area (Å²) in [6.45, 7) is 3.80. The van der Waals surface area contributed by atoms with Gasteiger partial charge < -0.3 is 34.8 Å². The van der Waals surface area contributed by atoms with E-state index >= 15 is 8.78 Å². The van der Waals surface area contributed by atoms with Crippen molar-refractivity contribution >= 4 is 74.0 Å². The van der Waals surface area contributed by atoms with Crippen LogP contribution in [0.5, 0.6) is 5.75 Å². The lowest BCUT2D eigenvalue weighted by Gasteiger charge is -2.44. The van der Waals surface area contributed by atoms with Crippen molar-refractivity contribution in [3.63, 3.8) is 0 Å². The Labute approximate surface area is 366 Å². The fourth-order valence-electron chi connectivity index (χ4n) is 9.89. The molecule has 7 heterocycles. The maximum absolute atomic E-state index is 15.2. The summed E-state index contributed by atoms with van der Waals surface area (Å²) in [6, 6.07) is 10.3. The predicted molar refractivity (Wildman–Crippen MR) is 236 cm³/mol. The van der Waals surface area contributed by atoms with Crippen LogP contribution in [0.3, 0.4) is 0 Å². The smallest absolute Gasteiger partial charge is 0.301 e. The second-order valence-electron chi connectivity index (χ2n) is 17.7. The Morgan fingerprint density at radius 1 is 0.968 bits per heavy atom. The van der Waals surface area contributed by atoms with Gasteiger partial charge in [-0.15, -0.1) is 0 Å². The number of amides is 2. The molecule has 2 amide bonds. The van der Waals surface area contributed by atoms with Crippen molar-refractivity contribution in [2.75, 3.05) is 72.9 Å². The van der Waals surface area contributed by atoms with E-state index in [9.17, 15) is 19.5 Å². The Morgan fingerprint density at radius 2 is 1.78 bits per heavy atom. The number of piperazine rings is 1. The third kappa shape index (κ3) is 7.79. The highest BCUT2D eigenvalue weighted by molar-refractivity contribution is 6.33. The van der Waals surface area contributed by atoms with Gasteiger partial charge in [0, 0.05) is 81.9 Å². The molecule has 4 aliphatic heterocycles. The van der Waals surface area contributed by atoms with E-state index in [2.05, 4.69) is 47.8 Å². The van der Waals surface area contributed by atoms with Crippen molar-refractivity contribution in [2.45, 2.75) is 62.4 Å². The second kappa shape index (κ2) is 16.2. The number of carbonyl (C=O) groups is 2. The van der Waals surface area contributed by atoms with Crippen LogP contribution in [0, 0.1) is 11.8 Å². The quantitative estimate of drug-likeness (QED) is 0.150. The highest BCUT2D eigenvalue weighted by Gasteiger charge is 2.51. The molecular formula is C44H50ClF2N11O5. The molecular weight excluding hydrogens is 836 g/mol. The number of aliphatic hydroxyl groups is 1. The molecule has 3 saturated heterocycles. The largest absolute Gasteiger partial charge is 0.480 e. The monoisotopic (exact) mass is 885 g/mol. The Morgan fingerprint density at radius 3 is 2.54 bits per heavy atom. The van der Waals surface area contributed by atoms with E-state index < -0.39 is 30.0 Å². The van der Waals surface area contributed by atoms with E-state index in [0.29, 0.717) is 77.2 Å². The molecule has 5 aromatic rings. The Kier molecular flexibility index (Phi) is 10.6. The summed E-state index contributed by atoms with van der Waals surface area (Å²) < 4.78 is 39.1. The molecule has 0 bridgehead atoms. The van der Waals surface area contributed by atoms with Crippen molar-refractivity contribution < 1.29 is 28.2 Å². The summed E-state index contributed by atoms with van der Waals surface area (Å²) >= 11 is 6.64. The van der Waals surface area contributed by atoms with Crippen molar-refractivity contribution in [3.8, 4) is 5.75 Å². The number of hydrogen-bond acceptors (Lipinski definition) is 13. The number of ether oxygens (including phenoxy) is 1. The number of benzene rings is 2. The average molecular weight is 886 g/mol. The molecule has 1 aliphatic carbocycles. The topological polar surface area (TPSA) is 175 Å². The van der Waals surface area contributed by atoms with Crippen LogP contribution in [-0.4, -0.2) is 117 Å². The van der Waals surface area contributed by atoms with Crippen molar-refractivity contribution in [3.05, 3.63) is 63.7 Å². The van der Waals surface area contributed by atoms with Crippen LogP contribution in [-0.2, 0) is 23.7 Å². The molecule has 2 aromatic carbocycles. The van der Waals surface area contributed by atoms with E-state index in [1.54, 1.807) is 36.1 Å². The molecule has 332 valence electrons. The minimum absolute atomic E-state index is 0.0370. The van der Waals surface area contributed by atoms with Gasteiger partial charge >= 0.3 is 5.92 Å². The molecule has 3 aromatic heterocycles. The lowest BCUT2D eigenvalue weighted by molar-refractivity contribution is -0.134. The normalized spacial score (nSPS) is 23.3. The van der Waals surface area contributed by atoms with Crippen molar-refractivity contribution in [1.29, 1.82) is 0 Å². The van der Waals surface area contributed by atoms with Crippen LogP contribution in [0.15, 0.2) is 47.4 Å². The first-order valence-electron chi connectivity index (χ1n) is 21.7. The number of nitrogens with one attached hydrogen (secondary N) is 3. The number of aryl methyl sites for hydroxylation is 2. The number of pyridine rings is 1. The van der Waals surface area contributed by atoms with Gasteiger partial charge in [0.15, 0.2) is 12.4 Å². The Bertz CT molecular complexity index is 2680. The van der Waals surface area contributed by atoms with Gasteiger partial charge in [0.05, 0.1) is 53.2 Å². The van der Waals surface area contributed by atoms with Gasteiger partial charge in [-0.25, -0.2) is 13.8 Å². The molecule has 5 aliphatic rings. The lowest BCUT2D eigenvalue weighted by atomic mass is 9.92. The standard InChI is InChI=1S/C44H50ClF2N11O5/c1-54-33-9-5-26(17-31(33)37-38(42(54)62)63-23-44(46,47)39(51-37)25-3-4-25)49-40-32(45)19-48-43(52-40)56-13-11-24(12-14-56)20-57-15-16-58(21-28(57)22-59)27-6-7-29-34(18-27)55(2)53-36(29)30-8-10-35(60)50-41(30)61/h5-7,9,17-19,24-25,28,30,39,51,59H,3-4,8,10-16,20-23H2,1-2H3,(H,48,49,52)(H,50,60,61). The van der Waals surface area contributed by atoms with Crippen molar-refractivity contribution in [2.24, 2.45) is 25.9 Å². The zero-order valence-corrected chi connectivity index (χ0v) is 35.9. The van der Waals surface area contributed by atoms with Gasteiger partial charge in [-0.05, 0) is 80.3 Å². The van der Waals surface area contributed by atoms with Crippen LogP contribution in [0.1, 0.15) is 50.1 Å². The molecule has 19 heteroatoms. The second-order valence-corrected chi connectivity index (χ2v) is 18.1. The van der Waals surface area contributed by atoms with Gasteiger partial charge in [0.25, 0.3) is 5.56 Å². The molecule has 0 spiro atoms. The molecule has 1 saturated carbocycles. The average Bonchev–Trinajstić information content (AvgIpc) is 4.08. The van der Waals surface area contributed by atoms with E-state index in [4.69, 9.17) is 26.4 Å². The predicted octanol–water partition coefficient (Wildman–Crippen LogP) is 4.75. The molecule has 0 radical (unpaired) electrons. The van der Waals surface area contributed by atoms with E-state index in [1.165, 1.54) is 4.57 Å². The van der Waals surface area contributed by atoms with Crippen LogP contribution < -0.4 is 36.0 Å². The number of anilines is 5. The number of aliphatic hydroxyl groups excluding tert-OH is 1. The summed E-state index contributed by atoms with van der Waals surface area (Å²) in [7, 11) is 3.47. The fourth-order valence-corrected chi connectivity index (χ4v) is 10.0. The number of aromatic nitrogens is 5. The molecule has 10 rings (SSSR count). The van der Waals surface area contributed by atoms with Crippen LogP contribution in [0.2, 0.25) is 5.02 Å². The third-order valence-corrected chi connectivity index (χ3v) is 13.9. The van der Waals surface area contributed by atoms with E-state index in [0.717, 1.165) is 62.2 Å². The molecule has 63 heavy (non-hydrogen) atoms. The number of alkyl halides is 2. The zero-order valence-electron chi connectivity index (χ0n) is 35.1. The fraction of sp³-hybridized carbons (Fsp3) is 0.500. The highest BCUT2D eigenvalue weighted by Crippen LogP contribution is 2.46. The van der Waals surface area contributed by atoms with Crippen molar-refractivity contribution in [1.82, 2.24) is 34.5 Å². The molecule has 3 atom stereocenters. The molecule has 3 unspecified atom stereocenters. The summed E-state index contributed by atoms with van der Waals surface area (Å²) in [5.41, 5.74) is 3.58. The van der Waals surface area contributed by atoms with Gasteiger partial charge in [-0.1, -0.05) is 11.6 Å². The number of hydrogen-bond donors (Lipinski definition) is 4. The Hall–Kier alpha value is -5.59. The van der Waals surface area contributed by atoms with Crippen LogP contribution >= 0.6 is 11.6 Å². The summed E-state index contributed by atoms with van der Waals surface area (Å²) in [5, 5.41) is 25.8. The van der Waals surface area contributed by atoms with E-state index in [-0.39, 0.29) is 41.8 Å². The summed E-state index contributed by atoms with van der Waals surface area (Å²) in [6.07, 6.45) is 5.54. The maximum Gasteiger partial charge on any atom is 0.301 e. The first-order valence-corrected chi connectivity index (χ1v) is 22.1. The van der Waals surface area contributed by atoms with Gasteiger partial charge in [-0.3, -0.25) is 29.3 Å². The first-order chi connectivity index (χ1) is 30.3. The number of imide groups is 1. The number of halogens is 3. The molecule has 4 N–H and O–H groups in total. The van der Waals surface area contributed by atoms with Crippen LogP contribution in [0.4, 0.5) is 37.6 Å². The number of rotatable bonds is 9.